The Kier molecular flexibility index (Phi) is 11.8. The molecule has 10 heteroatoms. The first-order chi connectivity index (χ1) is 29.4. The molecule has 6 aromatic carbocycles. The third-order valence-corrected chi connectivity index (χ3v) is 11.4. The summed E-state index contributed by atoms with van der Waals surface area (Å²) in [7, 11) is 3.24. The van der Waals surface area contributed by atoms with Crippen molar-refractivity contribution in [1.82, 2.24) is 9.55 Å². The van der Waals surface area contributed by atoms with Crippen molar-refractivity contribution in [2.75, 3.05) is 50.0 Å². The number of nitrogen functional groups attached to an aromatic ring is 1. The smallest absolute Gasteiger partial charge is 0.281 e. The van der Waals surface area contributed by atoms with E-state index in [1.807, 2.05) is 181 Å². The lowest BCUT2D eigenvalue weighted by Crippen LogP contribution is -2.46. The number of hydrogen-bond acceptors (Lipinski definition) is 9. The van der Waals surface area contributed by atoms with Gasteiger partial charge in [-0.05, 0) is 40.3 Å². The van der Waals surface area contributed by atoms with Crippen LogP contribution in [0.3, 0.4) is 0 Å². The predicted octanol–water partition coefficient (Wildman–Crippen LogP) is 7.84. The topological polar surface area (TPSA) is 124 Å². The van der Waals surface area contributed by atoms with Crippen molar-refractivity contribution in [2.24, 2.45) is 5.92 Å². The highest BCUT2D eigenvalue weighted by atomic mass is 16.6. The van der Waals surface area contributed by atoms with Gasteiger partial charge >= 0.3 is 0 Å². The molecule has 2 heterocycles. The van der Waals surface area contributed by atoms with Crippen molar-refractivity contribution in [2.45, 2.75) is 23.9 Å². The Morgan fingerprint density at radius 3 is 1.65 bits per heavy atom. The third-order valence-electron chi connectivity index (χ3n) is 11.4. The molecule has 1 aliphatic heterocycles. The second kappa shape index (κ2) is 17.6. The highest BCUT2D eigenvalue weighted by Gasteiger charge is 2.45. The van der Waals surface area contributed by atoms with Crippen molar-refractivity contribution < 1.29 is 19.3 Å². The molecule has 7 aromatic rings. The van der Waals surface area contributed by atoms with Crippen LogP contribution in [-0.4, -0.2) is 55.0 Å². The number of methoxy groups -OCH3 is 2. The molecule has 60 heavy (non-hydrogen) atoms. The van der Waals surface area contributed by atoms with Crippen LogP contribution >= 0.6 is 0 Å². The van der Waals surface area contributed by atoms with Crippen LogP contribution in [0.1, 0.15) is 39.8 Å². The van der Waals surface area contributed by atoms with Crippen LogP contribution in [0.5, 0.6) is 5.75 Å². The summed E-state index contributed by atoms with van der Waals surface area (Å²) in [6.45, 7) is 0.933. The Balaban J connectivity index is 1.16. The molecule has 1 aliphatic rings. The zero-order chi connectivity index (χ0) is 41.5. The Morgan fingerprint density at radius 2 is 1.17 bits per heavy atom. The van der Waals surface area contributed by atoms with Gasteiger partial charge in [-0.15, -0.1) is 0 Å². The number of aromatic nitrogens is 2. The first-order valence-corrected chi connectivity index (χ1v) is 20.1. The highest BCUT2D eigenvalue weighted by Crippen LogP contribution is 2.46. The number of nitrogens with one attached hydrogen (secondary N) is 1. The molecular weight excluding hydrogens is 751 g/mol. The van der Waals surface area contributed by atoms with Crippen molar-refractivity contribution >= 4 is 17.5 Å². The van der Waals surface area contributed by atoms with Gasteiger partial charge in [0.25, 0.3) is 5.56 Å². The monoisotopic (exact) mass is 799 g/mol. The number of nitrogens with two attached hydrogens (primary N) is 1. The summed E-state index contributed by atoms with van der Waals surface area (Å²) in [6, 6.07) is 57.2. The molecule has 8 rings (SSSR count). The van der Waals surface area contributed by atoms with Crippen LogP contribution < -0.4 is 26.2 Å². The lowest BCUT2D eigenvalue weighted by Gasteiger charge is -2.39. The number of anilines is 3. The molecule has 2 atom stereocenters. The Labute approximate surface area is 350 Å². The quantitative estimate of drug-likeness (QED) is 0.0663. The first kappa shape index (κ1) is 40.1. The zero-order valence-electron chi connectivity index (χ0n) is 33.7. The lowest BCUT2D eigenvalue weighted by molar-refractivity contribution is -0.194. The largest absolute Gasteiger partial charge is 0.496 e. The number of ether oxygens (including phenoxy) is 3. The fourth-order valence-electron chi connectivity index (χ4n) is 8.67. The maximum atomic E-state index is 15.1. The van der Waals surface area contributed by atoms with E-state index in [0.29, 0.717) is 36.9 Å². The van der Waals surface area contributed by atoms with Gasteiger partial charge in [-0.1, -0.05) is 170 Å². The number of para-hydroxylation sites is 1. The van der Waals surface area contributed by atoms with E-state index in [9.17, 15) is 5.11 Å². The number of benzene rings is 6. The molecule has 0 radical (unpaired) electrons. The third kappa shape index (κ3) is 7.19. The SMILES string of the molecule is COCC(CCN1CNc2c1nc(N)n(C(c1ccccc1)(c1ccccc1)c1ccccc1OC)c2=O)C(O)OC(c1ccccc1)(c1ccccc1)c1ccccc1. The van der Waals surface area contributed by atoms with Gasteiger partial charge in [0.15, 0.2) is 12.1 Å². The van der Waals surface area contributed by atoms with Crippen LogP contribution in [0.15, 0.2) is 181 Å². The van der Waals surface area contributed by atoms with Gasteiger partial charge < -0.3 is 35.3 Å². The molecule has 304 valence electrons. The molecule has 0 fully saturated rings. The summed E-state index contributed by atoms with van der Waals surface area (Å²) >= 11 is 0. The molecule has 0 spiro atoms. The summed E-state index contributed by atoms with van der Waals surface area (Å²) < 4.78 is 20.2. The fourth-order valence-corrected chi connectivity index (χ4v) is 8.67. The van der Waals surface area contributed by atoms with Crippen LogP contribution in [0, 0.1) is 5.92 Å². The van der Waals surface area contributed by atoms with E-state index in [4.69, 9.17) is 24.9 Å². The number of nitrogens with zero attached hydrogens (tertiary/aromatic N) is 3. The van der Waals surface area contributed by atoms with Gasteiger partial charge in [-0.3, -0.25) is 9.36 Å². The Morgan fingerprint density at radius 1 is 0.700 bits per heavy atom. The van der Waals surface area contributed by atoms with Gasteiger partial charge in [-0.2, -0.15) is 4.98 Å². The number of aliphatic hydroxyl groups excluding tert-OH is 1. The van der Waals surface area contributed by atoms with Gasteiger partial charge in [0.05, 0.1) is 20.4 Å². The Hall–Kier alpha value is -6.72. The predicted molar refractivity (Wildman–Crippen MR) is 236 cm³/mol. The van der Waals surface area contributed by atoms with Crippen LogP contribution in [-0.2, 0) is 20.6 Å². The van der Waals surface area contributed by atoms with E-state index in [0.717, 1.165) is 33.4 Å². The summed E-state index contributed by atoms with van der Waals surface area (Å²) in [5.41, 5.74) is 9.56. The lowest BCUT2D eigenvalue weighted by atomic mass is 9.76. The number of hydrogen-bond donors (Lipinski definition) is 3. The molecule has 0 bridgehead atoms. The number of rotatable bonds is 16. The molecule has 2 unspecified atom stereocenters. The maximum Gasteiger partial charge on any atom is 0.281 e. The van der Waals surface area contributed by atoms with Gasteiger partial charge in [0.1, 0.15) is 22.6 Å². The van der Waals surface area contributed by atoms with E-state index in [1.54, 1.807) is 18.8 Å². The summed E-state index contributed by atoms with van der Waals surface area (Å²) in [5, 5.41) is 15.5. The van der Waals surface area contributed by atoms with Crippen molar-refractivity contribution in [3.8, 4) is 5.75 Å². The van der Waals surface area contributed by atoms with Crippen LogP contribution in [0.25, 0.3) is 0 Å². The molecule has 0 aliphatic carbocycles. The molecular formula is C50H49N5O5. The minimum atomic E-state index is -1.26. The fraction of sp³-hybridized carbons (Fsp3) is 0.200. The van der Waals surface area contributed by atoms with Crippen molar-refractivity contribution in [3.63, 3.8) is 0 Å². The molecule has 4 N–H and O–H groups in total. The maximum absolute atomic E-state index is 15.1. The summed E-state index contributed by atoms with van der Waals surface area (Å²) in [5.74, 6) is 0.581. The van der Waals surface area contributed by atoms with Crippen molar-refractivity contribution in [1.29, 1.82) is 0 Å². The Bertz CT molecular complexity index is 2400. The standard InChI is InChI=1S/C50H49N5O5/c1-58-34-36(47(57)60-50(39-24-12-5-13-25-39,40-26-14-6-15-27-40)41-28-16-7-17-29-41)32-33-54-35-52-44-45(54)53-48(51)55(46(44)56)49(37-20-8-3-9-21-37,38-22-10-4-11-23-38)42-30-18-19-31-43(42)59-2/h3-31,36,47,52,57H,32-35H2,1-2H3,(H2,51,53). The van der Waals surface area contributed by atoms with E-state index in [-0.39, 0.29) is 18.1 Å². The van der Waals surface area contributed by atoms with Crippen molar-refractivity contribution in [3.05, 3.63) is 220 Å². The van der Waals surface area contributed by atoms with E-state index >= 15 is 4.79 Å². The molecule has 10 nitrogen and oxygen atoms in total. The van der Waals surface area contributed by atoms with Gasteiger partial charge in [-0.25, -0.2) is 0 Å². The van der Waals surface area contributed by atoms with Crippen LogP contribution in [0.4, 0.5) is 17.5 Å². The normalized spacial score (nSPS) is 13.6. The molecule has 0 amide bonds. The number of fused-ring (bicyclic) bond motifs is 1. The first-order valence-electron chi connectivity index (χ1n) is 20.1. The average molecular weight is 800 g/mol. The molecule has 0 saturated heterocycles. The van der Waals surface area contributed by atoms with E-state index in [1.165, 1.54) is 0 Å². The van der Waals surface area contributed by atoms with Gasteiger partial charge in [0.2, 0.25) is 5.95 Å². The molecule has 0 saturated carbocycles. The summed E-state index contributed by atoms with van der Waals surface area (Å²) in [6.07, 6.45) is -0.820. The minimum Gasteiger partial charge on any atom is -0.496 e. The molecule has 1 aromatic heterocycles. The second-order valence-electron chi connectivity index (χ2n) is 14.8. The van der Waals surface area contributed by atoms with Crippen LogP contribution in [0.2, 0.25) is 0 Å². The van der Waals surface area contributed by atoms with Gasteiger partial charge in [0, 0.05) is 25.1 Å². The number of aliphatic hydroxyl groups is 1. The average Bonchev–Trinajstić information content (AvgIpc) is 3.72. The van der Waals surface area contributed by atoms with E-state index < -0.39 is 23.3 Å². The highest BCUT2D eigenvalue weighted by molar-refractivity contribution is 5.72. The summed E-state index contributed by atoms with van der Waals surface area (Å²) in [4.78, 5) is 22.1. The zero-order valence-corrected chi connectivity index (χ0v) is 33.7. The van der Waals surface area contributed by atoms with E-state index in [2.05, 4.69) is 5.32 Å². The minimum absolute atomic E-state index is 0.0289. The second-order valence-corrected chi connectivity index (χ2v) is 14.8.